The van der Waals surface area contributed by atoms with Crippen LogP contribution in [0.3, 0.4) is 0 Å². The van der Waals surface area contributed by atoms with Gasteiger partial charge in [-0.1, -0.05) is 189 Å². The number of carbonyl (C=O) groups excluding carboxylic acids is 1. The van der Waals surface area contributed by atoms with Crippen LogP contribution in [0.5, 0.6) is 0 Å². The van der Waals surface area contributed by atoms with E-state index in [4.69, 9.17) is 18.5 Å². The number of phosphoric ester groups is 1. The number of quaternary nitrogens is 1. The molecule has 0 heterocycles. The van der Waals surface area contributed by atoms with E-state index < -0.39 is 13.9 Å². The number of nitrogens with zero attached hydrogens (tertiary/aromatic N) is 1. The second-order valence-corrected chi connectivity index (χ2v) is 19.2. The van der Waals surface area contributed by atoms with Crippen LogP contribution in [-0.2, 0) is 27.9 Å². The van der Waals surface area contributed by atoms with Crippen LogP contribution in [0.4, 0.5) is 0 Å². The minimum atomic E-state index is -4.54. The van der Waals surface area contributed by atoms with Gasteiger partial charge in [0.05, 0.1) is 34.4 Å². The molecular formula is C54H96NO7P. The van der Waals surface area contributed by atoms with E-state index >= 15 is 0 Å². The standard InChI is InChI=1S/C54H96NO7P/c1-6-8-10-12-14-16-18-20-22-24-25-26-27-28-29-30-32-34-36-38-40-42-44-46-49-59-51-53(52-61-63(57,58)60-50-48-55(3,4)5)62-54(56)47-45-43-41-39-37-35-33-31-23-21-19-17-15-13-11-9-7-2/h8-11,14-17,20-23,25-26,53H,6-7,12-13,18-19,24,27-52H2,1-5H3/b10-8-,11-9-,16-14-,17-15-,22-20-,23-21-,26-25-. The zero-order valence-electron chi connectivity index (χ0n) is 41.2. The highest BCUT2D eigenvalue weighted by atomic mass is 31.2. The van der Waals surface area contributed by atoms with Gasteiger partial charge >= 0.3 is 5.97 Å². The highest BCUT2D eigenvalue weighted by molar-refractivity contribution is 7.45. The number of carbonyl (C=O) groups is 1. The topological polar surface area (TPSA) is 94.1 Å². The third-order valence-corrected chi connectivity index (χ3v) is 11.4. The average molecular weight is 902 g/mol. The van der Waals surface area contributed by atoms with E-state index in [1.54, 1.807) is 0 Å². The minimum absolute atomic E-state index is 0.0193. The van der Waals surface area contributed by atoms with E-state index in [0.717, 1.165) is 83.5 Å². The summed E-state index contributed by atoms with van der Waals surface area (Å²) in [7, 11) is 1.34. The third-order valence-electron chi connectivity index (χ3n) is 10.4. The van der Waals surface area contributed by atoms with Crippen molar-refractivity contribution in [2.24, 2.45) is 0 Å². The molecule has 0 aromatic rings. The maximum atomic E-state index is 12.7. The smallest absolute Gasteiger partial charge is 0.306 e. The van der Waals surface area contributed by atoms with E-state index in [-0.39, 0.29) is 25.8 Å². The summed E-state index contributed by atoms with van der Waals surface area (Å²) in [5.74, 6) is -0.347. The van der Waals surface area contributed by atoms with E-state index in [1.807, 2.05) is 21.1 Å². The molecule has 0 saturated carbocycles. The Morgan fingerprint density at radius 2 is 0.873 bits per heavy atom. The molecule has 0 amide bonds. The molecule has 0 saturated heterocycles. The van der Waals surface area contributed by atoms with Gasteiger partial charge in [0.15, 0.2) is 0 Å². The fraction of sp³-hybridized carbons (Fsp3) is 0.722. The molecule has 0 aliphatic carbocycles. The Morgan fingerprint density at radius 1 is 0.492 bits per heavy atom. The number of esters is 1. The van der Waals surface area contributed by atoms with Crippen molar-refractivity contribution < 1.29 is 37.3 Å². The molecule has 0 spiro atoms. The monoisotopic (exact) mass is 902 g/mol. The summed E-state index contributed by atoms with van der Waals surface area (Å²) < 4.78 is 34.7. The van der Waals surface area contributed by atoms with Gasteiger partial charge < -0.3 is 27.9 Å². The third kappa shape index (κ3) is 50.5. The Balaban J connectivity index is 4.15. The lowest BCUT2D eigenvalue weighted by Crippen LogP contribution is -2.37. The van der Waals surface area contributed by atoms with Gasteiger partial charge in [0, 0.05) is 13.0 Å². The maximum absolute atomic E-state index is 12.7. The molecule has 0 fully saturated rings. The lowest BCUT2D eigenvalue weighted by molar-refractivity contribution is -0.870. The molecular weight excluding hydrogens is 806 g/mol. The first kappa shape index (κ1) is 60.7. The number of hydrogen-bond acceptors (Lipinski definition) is 7. The van der Waals surface area contributed by atoms with E-state index in [9.17, 15) is 14.3 Å². The highest BCUT2D eigenvalue weighted by Crippen LogP contribution is 2.38. The summed E-state index contributed by atoms with van der Waals surface area (Å²) in [5, 5.41) is 0. The fourth-order valence-electron chi connectivity index (χ4n) is 6.61. The van der Waals surface area contributed by atoms with Crippen molar-refractivity contribution in [3.63, 3.8) is 0 Å². The number of phosphoric acid groups is 1. The molecule has 9 heteroatoms. The molecule has 0 aliphatic rings. The van der Waals surface area contributed by atoms with Crippen LogP contribution in [-0.4, -0.2) is 70.7 Å². The van der Waals surface area contributed by atoms with Crippen molar-refractivity contribution in [3.8, 4) is 0 Å². The summed E-state index contributed by atoms with van der Waals surface area (Å²) in [4.78, 5) is 25.2. The van der Waals surface area contributed by atoms with Gasteiger partial charge in [-0.25, -0.2) is 0 Å². The fourth-order valence-corrected chi connectivity index (χ4v) is 7.34. The summed E-state index contributed by atoms with van der Waals surface area (Å²) in [6.07, 6.45) is 61.8. The summed E-state index contributed by atoms with van der Waals surface area (Å²) in [6, 6.07) is 0. The van der Waals surface area contributed by atoms with Gasteiger partial charge in [-0.15, -0.1) is 0 Å². The number of rotatable bonds is 46. The molecule has 0 aliphatic heterocycles. The zero-order valence-corrected chi connectivity index (χ0v) is 42.1. The number of ether oxygens (including phenoxy) is 2. The van der Waals surface area contributed by atoms with Crippen molar-refractivity contribution in [1.29, 1.82) is 0 Å². The first-order valence-electron chi connectivity index (χ1n) is 25.3. The average Bonchev–Trinajstić information content (AvgIpc) is 3.24. The van der Waals surface area contributed by atoms with Gasteiger partial charge in [0.2, 0.25) is 0 Å². The van der Waals surface area contributed by atoms with Gasteiger partial charge in [0.25, 0.3) is 7.82 Å². The predicted molar refractivity (Wildman–Crippen MR) is 268 cm³/mol. The first-order valence-corrected chi connectivity index (χ1v) is 26.8. The summed E-state index contributed by atoms with van der Waals surface area (Å²) >= 11 is 0. The second-order valence-electron chi connectivity index (χ2n) is 17.8. The van der Waals surface area contributed by atoms with Crippen LogP contribution in [0.2, 0.25) is 0 Å². The maximum Gasteiger partial charge on any atom is 0.306 e. The summed E-state index contributed by atoms with van der Waals surface area (Å²) in [6.45, 7) is 5.16. The second kappa shape index (κ2) is 46.2. The zero-order chi connectivity index (χ0) is 46.2. The molecule has 2 unspecified atom stereocenters. The first-order chi connectivity index (χ1) is 30.6. The van der Waals surface area contributed by atoms with Crippen LogP contribution >= 0.6 is 7.82 Å². The predicted octanol–water partition coefficient (Wildman–Crippen LogP) is 15.0. The molecule has 0 N–H and O–H groups in total. The largest absolute Gasteiger partial charge is 0.756 e. The molecule has 2 atom stereocenters. The quantitative estimate of drug-likeness (QED) is 0.0197. The molecule has 0 bridgehead atoms. The minimum Gasteiger partial charge on any atom is -0.756 e. The van der Waals surface area contributed by atoms with Gasteiger partial charge in [-0.05, 0) is 83.5 Å². The highest BCUT2D eigenvalue weighted by Gasteiger charge is 2.20. The molecule has 0 rings (SSSR count). The van der Waals surface area contributed by atoms with E-state index in [1.165, 1.54) is 89.9 Å². The lowest BCUT2D eigenvalue weighted by atomic mass is 10.1. The van der Waals surface area contributed by atoms with Crippen LogP contribution in [0, 0.1) is 0 Å². The van der Waals surface area contributed by atoms with Gasteiger partial charge in [-0.2, -0.15) is 0 Å². The summed E-state index contributed by atoms with van der Waals surface area (Å²) in [5.41, 5.74) is 0. The van der Waals surface area contributed by atoms with E-state index in [2.05, 4.69) is 98.9 Å². The van der Waals surface area contributed by atoms with Gasteiger partial charge in [-0.3, -0.25) is 9.36 Å². The molecule has 0 aromatic heterocycles. The molecule has 0 radical (unpaired) electrons. The Labute approximate surface area is 388 Å². The van der Waals surface area contributed by atoms with Crippen molar-refractivity contribution >= 4 is 13.8 Å². The normalized spacial score (nSPS) is 14.3. The Hall–Kier alpha value is -2.32. The van der Waals surface area contributed by atoms with Crippen LogP contribution < -0.4 is 4.89 Å². The van der Waals surface area contributed by atoms with Crippen LogP contribution in [0.25, 0.3) is 0 Å². The molecule has 364 valence electrons. The van der Waals surface area contributed by atoms with E-state index in [0.29, 0.717) is 24.1 Å². The number of allylic oxidation sites excluding steroid dienone is 14. The molecule has 0 aromatic carbocycles. The van der Waals surface area contributed by atoms with Crippen molar-refractivity contribution in [1.82, 2.24) is 0 Å². The SMILES string of the molecule is CC/C=C\C/C=C\C/C=C\C/C=C\CCCCCCCCCCCCCOCC(COP(=O)([O-])OCC[N+](C)(C)C)OC(=O)CCCCCCCCC/C=C\C/C=C\C/C=C\CC. The van der Waals surface area contributed by atoms with Crippen LogP contribution in [0.1, 0.15) is 194 Å². The Kier molecular flexibility index (Phi) is 44.5. The van der Waals surface area contributed by atoms with Crippen molar-refractivity contribution in [2.75, 3.05) is 54.1 Å². The number of unbranched alkanes of at least 4 members (excludes halogenated alkanes) is 18. The molecule has 8 nitrogen and oxygen atoms in total. The van der Waals surface area contributed by atoms with Crippen molar-refractivity contribution in [2.45, 2.75) is 200 Å². The molecule has 63 heavy (non-hydrogen) atoms. The number of hydrogen-bond donors (Lipinski definition) is 0. The van der Waals surface area contributed by atoms with Crippen LogP contribution in [0.15, 0.2) is 85.1 Å². The Bertz CT molecular complexity index is 1280. The van der Waals surface area contributed by atoms with Gasteiger partial charge in [0.1, 0.15) is 19.3 Å². The van der Waals surface area contributed by atoms with Crippen molar-refractivity contribution in [3.05, 3.63) is 85.1 Å². The lowest BCUT2D eigenvalue weighted by Gasteiger charge is -2.28. The number of likely N-dealkylation sites (N-methyl/N-ethyl adjacent to an activating group) is 1. The Morgan fingerprint density at radius 3 is 1.30 bits per heavy atom.